The van der Waals surface area contributed by atoms with Gasteiger partial charge in [0.25, 0.3) is 11.1 Å². The summed E-state index contributed by atoms with van der Waals surface area (Å²) in [5, 5.41) is 0.436. The van der Waals surface area contributed by atoms with Crippen molar-refractivity contribution in [2.75, 3.05) is 20.6 Å². The first-order valence-corrected chi connectivity index (χ1v) is 11.7. The number of alkyl halides is 3. The van der Waals surface area contributed by atoms with Crippen molar-refractivity contribution >= 4 is 22.7 Å². The molecular formula is C27H29F3N6O2. The van der Waals surface area contributed by atoms with E-state index in [4.69, 9.17) is 5.73 Å². The fourth-order valence-electron chi connectivity index (χ4n) is 4.18. The number of nitrogens with one attached hydrogen (secondary N) is 1. The summed E-state index contributed by atoms with van der Waals surface area (Å²) in [6.07, 6.45) is 0.204. The predicted molar refractivity (Wildman–Crippen MR) is 146 cm³/mol. The number of nitrogens with two attached hydrogens (primary N) is 1. The van der Waals surface area contributed by atoms with Gasteiger partial charge in [-0.2, -0.15) is 4.99 Å². The van der Waals surface area contributed by atoms with Crippen LogP contribution < -0.4 is 16.9 Å². The molecule has 0 amide bonds. The number of halogens is 3. The number of likely N-dealkylation sites (N-methyl/N-ethyl adjacent to an activating group) is 1. The Balaban J connectivity index is 0.00000420. The number of fused-ring (bicyclic) bond motifs is 1. The lowest BCUT2D eigenvalue weighted by atomic mass is 9.95. The Morgan fingerprint density at radius 3 is 2.45 bits per heavy atom. The van der Waals surface area contributed by atoms with E-state index in [0.29, 0.717) is 35.8 Å². The van der Waals surface area contributed by atoms with Crippen LogP contribution in [0.25, 0.3) is 38.7 Å². The number of pyridine rings is 2. The first-order chi connectivity index (χ1) is 18.0. The highest BCUT2D eigenvalue weighted by molar-refractivity contribution is 6.11. The summed E-state index contributed by atoms with van der Waals surface area (Å²) in [6, 6.07) is 12.6. The van der Waals surface area contributed by atoms with Gasteiger partial charge in [-0.05, 0) is 31.3 Å². The molecule has 3 heterocycles. The molecule has 3 aromatic heterocycles. The predicted octanol–water partition coefficient (Wildman–Crippen LogP) is 4.06. The van der Waals surface area contributed by atoms with Gasteiger partial charge in [0, 0.05) is 80.2 Å². The highest BCUT2D eigenvalue weighted by Crippen LogP contribution is 2.35. The van der Waals surface area contributed by atoms with Crippen molar-refractivity contribution < 1.29 is 14.6 Å². The van der Waals surface area contributed by atoms with Gasteiger partial charge < -0.3 is 24.8 Å². The van der Waals surface area contributed by atoms with Gasteiger partial charge in [0.05, 0.1) is 0 Å². The minimum Gasteiger partial charge on any atom is -0.404 e. The Bertz CT molecular complexity index is 1650. The third-order valence-corrected chi connectivity index (χ3v) is 6.09. The number of allylic oxidation sites excluding steroid dienone is 1. The number of hydrogen-bond acceptors (Lipinski definition) is 5. The van der Waals surface area contributed by atoms with Gasteiger partial charge in [0.2, 0.25) is 0 Å². The van der Waals surface area contributed by atoms with Crippen molar-refractivity contribution in [3.63, 3.8) is 0 Å². The van der Waals surface area contributed by atoms with E-state index in [1.807, 2.05) is 49.3 Å². The van der Waals surface area contributed by atoms with Gasteiger partial charge in [-0.15, -0.1) is 13.2 Å². The topological polar surface area (TPSA) is 101 Å². The molecule has 8 nitrogen and oxygen atoms in total. The largest absolute Gasteiger partial charge is 0.503 e. The van der Waals surface area contributed by atoms with Crippen LogP contribution in [0.2, 0.25) is 0 Å². The summed E-state index contributed by atoms with van der Waals surface area (Å²) in [4.78, 5) is 33.6. The number of aryl methyl sites for hydroxylation is 1. The summed E-state index contributed by atoms with van der Waals surface area (Å²) in [7, 11) is 5.41. The van der Waals surface area contributed by atoms with Gasteiger partial charge in [-0.25, -0.2) is 0 Å². The Hall–Kier alpha value is -4.38. The molecule has 4 aromatic rings. The monoisotopic (exact) mass is 526 g/mol. The second-order valence-corrected chi connectivity index (χ2v) is 9.08. The smallest absolute Gasteiger partial charge is 0.404 e. The zero-order chi connectivity index (χ0) is 27.6. The van der Waals surface area contributed by atoms with Crippen molar-refractivity contribution in [3.05, 3.63) is 87.5 Å². The van der Waals surface area contributed by atoms with Crippen LogP contribution in [0.4, 0.5) is 13.2 Å². The molecule has 38 heavy (non-hydrogen) atoms. The van der Waals surface area contributed by atoms with Crippen molar-refractivity contribution in [3.8, 4) is 22.3 Å². The lowest BCUT2D eigenvalue weighted by Crippen LogP contribution is -2.26. The average molecular weight is 527 g/mol. The molecule has 0 saturated heterocycles. The Kier molecular flexibility index (Phi) is 7.40. The standard InChI is InChI=1S/C27H27F3N6O2.H2/c1-34(2)9-10-36-16-21(17-7-5-4-6-8-17)19(12-24(36)37)22-15-35(3)26(38)25-20(22)11-23(33-25)18(13-31)14-32-27(28,29)30;/h4-8,11-16,33H,9-10,31H2,1-3H3;1H/b18-13+,32-14+;. The first-order valence-electron chi connectivity index (χ1n) is 11.7. The second kappa shape index (κ2) is 10.5. The van der Waals surface area contributed by atoms with Gasteiger partial charge in [-0.3, -0.25) is 9.59 Å². The van der Waals surface area contributed by atoms with Gasteiger partial charge in [-0.1, -0.05) is 30.3 Å². The highest BCUT2D eigenvalue weighted by atomic mass is 19.4. The fourth-order valence-corrected chi connectivity index (χ4v) is 4.18. The summed E-state index contributed by atoms with van der Waals surface area (Å²) in [5.41, 5.74) is 8.03. The van der Waals surface area contributed by atoms with Crippen molar-refractivity contribution in [2.45, 2.75) is 12.8 Å². The van der Waals surface area contributed by atoms with Crippen molar-refractivity contribution in [1.82, 2.24) is 19.0 Å². The number of aromatic amines is 1. The van der Waals surface area contributed by atoms with Crippen LogP contribution in [0.3, 0.4) is 0 Å². The van der Waals surface area contributed by atoms with E-state index in [1.54, 1.807) is 30.1 Å². The molecule has 0 spiro atoms. The second-order valence-electron chi connectivity index (χ2n) is 9.08. The fraction of sp³-hybridized carbons (Fsp3) is 0.222. The van der Waals surface area contributed by atoms with Crippen LogP contribution in [0.5, 0.6) is 0 Å². The summed E-state index contributed by atoms with van der Waals surface area (Å²) in [5.74, 6) is 0. The maximum Gasteiger partial charge on any atom is 0.503 e. The SMILES string of the molecule is CN(C)CCn1cc(-c2ccccc2)c(-c2cn(C)c(=O)c3[nH]c(C(=C/N)/C=N/C(F)(F)F)cc23)cc1=O.[HH]. The Morgan fingerprint density at radius 1 is 1.11 bits per heavy atom. The molecule has 11 heteroatoms. The quantitative estimate of drug-likeness (QED) is 0.280. The Morgan fingerprint density at radius 2 is 1.82 bits per heavy atom. The van der Waals surface area contributed by atoms with E-state index < -0.39 is 6.30 Å². The maximum atomic E-state index is 13.2. The normalized spacial score (nSPS) is 12.8. The minimum absolute atomic E-state index is 0. The van der Waals surface area contributed by atoms with E-state index in [9.17, 15) is 22.8 Å². The molecule has 0 radical (unpaired) electrons. The molecule has 1 aromatic carbocycles. The van der Waals surface area contributed by atoms with E-state index in [1.165, 1.54) is 10.6 Å². The van der Waals surface area contributed by atoms with Crippen LogP contribution in [0, 0.1) is 0 Å². The zero-order valence-corrected chi connectivity index (χ0v) is 21.1. The molecule has 0 unspecified atom stereocenters. The third kappa shape index (κ3) is 5.62. The van der Waals surface area contributed by atoms with Crippen molar-refractivity contribution in [1.29, 1.82) is 0 Å². The van der Waals surface area contributed by atoms with E-state index in [-0.39, 0.29) is 29.3 Å². The average Bonchev–Trinajstić information content (AvgIpc) is 3.31. The zero-order valence-electron chi connectivity index (χ0n) is 21.1. The molecule has 0 fully saturated rings. The van der Waals surface area contributed by atoms with Crippen LogP contribution in [-0.4, -0.2) is 52.2 Å². The maximum absolute atomic E-state index is 13.2. The van der Waals surface area contributed by atoms with Gasteiger partial charge in [0.15, 0.2) is 0 Å². The molecule has 0 aliphatic rings. The third-order valence-electron chi connectivity index (χ3n) is 6.09. The van der Waals surface area contributed by atoms with E-state index >= 15 is 0 Å². The summed E-state index contributed by atoms with van der Waals surface area (Å²) >= 11 is 0. The lowest BCUT2D eigenvalue weighted by Gasteiger charge is -2.17. The van der Waals surface area contributed by atoms with Gasteiger partial charge in [0.1, 0.15) is 5.52 Å². The first kappa shape index (κ1) is 26.7. The van der Waals surface area contributed by atoms with Crippen LogP contribution in [0.15, 0.2) is 75.6 Å². The summed E-state index contributed by atoms with van der Waals surface area (Å²) in [6.45, 7) is 1.14. The highest BCUT2D eigenvalue weighted by Gasteiger charge is 2.25. The van der Waals surface area contributed by atoms with E-state index in [2.05, 4.69) is 9.98 Å². The summed E-state index contributed by atoms with van der Waals surface area (Å²) < 4.78 is 41.1. The number of hydrogen-bond donors (Lipinski definition) is 2. The lowest BCUT2D eigenvalue weighted by molar-refractivity contribution is -0.118. The van der Waals surface area contributed by atoms with Crippen LogP contribution in [0.1, 0.15) is 7.12 Å². The number of aliphatic imine (C=N–C) groups is 1. The van der Waals surface area contributed by atoms with Gasteiger partial charge >= 0.3 is 6.30 Å². The number of H-pyrrole nitrogens is 1. The number of aromatic nitrogens is 3. The van der Waals surface area contributed by atoms with E-state index in [0.717, 1.165) is 17.3 Å². The molecule has 0 saturated carbocycles. The van der Waals surface area contributed by atoms with Crippen LogP contribution in [-0.2, 0) is 13.6 Å². The molecule has 4 rings (SSSR count). The molecular weight excluding hydrogens is 497 g/mol. The minimum atomic E-state index is -4.78. The number of nitrogens with zero attached hydrogens (tertiary/aromatic N) is 4. The Labute approximate surface area is 217 Å². The molecule has 0 aliphatic heterocycles. The number of benzene rings is 1. The molecule has 0 aliphatic carbocycles. The molecule has 3 N–H and O–H groups in total. The van der Waals surface area contributed by atoms with Crippen molar-refractivity contribution in [2.24, 2.45) is 17.8 Å². The van der Waals surface area contributed by atoms with Crippen LogP contribution >= 0.6 is 0 Å². The molecule has 0 bridgehead atoms. The number of rotatable bonds is 7. The molecule has 200 valence electrons. The molecule has 0 atom stereocenters.